The van der Waals surface area contributed by atoms with E-state index in [4.69, 9.17) is 11.6 Å². The third-order valence-corrected chi connectivity index (χ3v) is 3.79. The van der Waals surface area contributed by atoms with Gasteiger partial charge in [0.2, 0.25) is 0 Å². The molecule has 0 aliphatic heterocycles. The molecule has 0 radical (unpaired) electrons. The topological polar surface area (TPSA) is 30.2 Å². The summed E-state index contributed by atoms with van der Waals surface area (Å²) < 4.78 is 39.5. The van der Waals surface area contributed by atoms with Crippen molar-refractivity contribution in [2.24, 2.45) is 0 Å². The Balaban J connectivity index is 2.42. The Labute approximate surface area is 117 Å². The van der Waals surface area contributed by atoms with Gasteiger partial charge < -0.3 is 0 Å². The summed E-state index contributed by atoms with van der Waals surface area (Å²) in [4.78, 5) is 0. The van der Waals surface area contributed by atoms with Crippen molar-refractivity contribution >= 4 is 29.0 Å². The Morgan fingerprint density at radius 3 is 2.74 bits per heavy atom. The Kier molecular flexibility index (Phi) is 4.25. The second-order valence-corrected chi connectivity index (χ2v) is 5.42. The molecule has 8 heteroatoms. The van der Waals surface area contributed by atoms with Crippen LogP contribution >= 0.6 is 23.4 Å². The van der Waals surface area contributed by atoms with Crippen LogP contribution in [0.3, 0.4) is 0 Å². The fourth-order valence-electron chi connectivity index (χ4n) is 1.49. The molecule has 2 aromatic heterocycles. The molecule has 0 aliphatic carbocycles. The SMILES string of the molecule is CCCCSc1nnc2c(Cl)cc(C(F)(F)F)cn12. The van der Waals surface area contributed by atoms with E-state index in [1.807, 2.05) is 6.92 Å². The predicted molar refractivity (Wildman–Crippen MR) is 68.6 cm³/mol. The van der Waals surface area contributed by atoms with E-state index in [1.54, 1.807) is 0 Å². The molecular weight excluding hydrogens is 299 g/mol. The number of fused-ring (bicyclic) bond motifs is 1. The number of aromatic nitrogens is 3. The standard InChI is InChI=1S/C11H11ClF3N3S/c1-2-3-4-19-10-17-16-9-8(12)5-7(6-18(9)10)11(13,14)15/h5-6H,2-4H2,1H3. The zero-order valence-electron chi connectivity index (χ0n) is 10.0. The van der Waals surface area contributed by atoms with Gasteiger partial charge in [0.25, 0.3) is 0 Å². The first-order chi connectivity index (χ1) is 8.93. The van der Waals surface area contributed by atoms with Crippen molar-refractivity contribution in [3.05, 3.63) is 22.8 Å². The molecule has 0 bridgehead atoms. The molecule has 2 heterocycles. The van der Waals surface area contributed by atoms with Gasteiger partial charge in [-0.05, 0) is 12.5 Å². The fraction of sp³-hybridized carbons (Fsp3) is 0.455. The van der Waals surface area contributed by atoms with Gasteiger partial charge in [-0.1, -0.05) is 36.7 Å². The molecule has 0 spiro atoms. The third-order valence-electron chi connectivity index (χ3n) is 2.48. The molecule has 0 saturated carbocycles. The highest BCUT2D eigenvalue weighted by molar-refractivity contribution is 7.99. The van der Waals surface area contributed by atoms with Crippen molar-refractivity contribution in [1.29, 1.82) is 0 Å². The van der Waals surface area contributed by atoms with Crippen LogP contribution in [0.5, 0.6) is 0 Å². The normalized spacial score (nSPS) is 12.3. The van der Waals surface area contributed by atoms with E-state index in [0.717, 1.165) is 30.9 Å². The van der Waals surface area contributed by atoms with E-state index < -0.39 is 11.7 Å². The average Bonchev–Trinajstić information content (AvgIpc) is 2.72. The highest BCUT2D eigenvalue weighted by Crippen LogP contribution is 2.33. The molecule has 2 aromatic rings. The maximum atomic E-state index is 12.7. The summed E-state index contributed by atoms with van der Waals surface area (Å²) in [6.07, 6.45) is -1.48. The van der Waals surface area contributed by atoms with E-state index >= 15 is 0 Å². The van der Waals surface area contributed by atoms with Gasteiger partial charge in [0, 0.05) is 11.9 Å². The van der Waals surface area contributed by atoms with Gasteiger partial charge in [-0.15, -0.1) is 10.2 Å². The Morgan fingerprint density at radius 1 is 1.37 bits per heavy atom. The van der Waals surface area contributed by atoms with E-state index in [0.29, 0.717) is 5.16 Å². The first-order valence-corrected chi connectivity index (χ1v) is 7.04. The smallest absolute Gasteiger partial charge is 0.276 e. The summed E-state index contributed by atoms with van der Waals surface area (Å²) in [7, 11) is 0. The summed E-state index contributed by atoms with van der Waals surface area (Å²) in [6.45, 7) is 2.04. The van der Waals surface area contributed by atoms with Gasteiger partial charge in [0.15, 0.2) is 10.8 Å². The van der Waals surface area contributed by atoms with Gasteiger partial charge in [0.05, 0.1) is 10.6 Å². The molecule has 104 valence electrons. The van der Waals surface area contributed by atoms with Gasteiger partial charge in [-0.2, -0.15) is 13.2 Å². The largest absolute Gasteiger partial charge is 0.417 e. The number of nitrogens with zero attached hydrogens (tertiary/aromatic N) is 3. The number of rotatable bonds is 4. The van der Waals surface area contributed by atoms with Crippen LogP contribution in [0.1, 0.15) is 25.3 Å². The second-order valence-electron chi connectivity index (χ2n) is 3.95. The van der Waals surface area contributed by atoms with Gasteiger partial charge in [-0.25, -0.2) is 0 Å². The fourth-order valence-corrected chi connectivity index (χ4v) is 2.73. The minimum atomic E-state index is -4.44. The molecule has 0 unspecified atom stereocenters. The van der Waals surface area contributed by atoms with Crippen LogP contribution in [0, 0.1) is 0 Å². The average molecular weight is 310 g/mol. The van der Waals surface area contributed by atoms with Gasteiger partial charge in [0.1, 0.15) is 0 Å². The number of alkyl halides is 3. The molecular formula is C11H11ClF3N3S. The van der Waals surface area contributed by atoms with E-state index in [1.165, 1.54) is 16.2 Å². The molecule has 0 amide bonds. The molecule has 0 aromatic carbocycles. The molecule has 0 saturated heterocycles. The highest BCUT2D eigenvalue weighted by atomic mass is 35.5. The molecule has 2 rings (SSSR count). The first kappa shape index (κ1) is 14.5. The lowest BCUT2D eigenvalue weighted by Crippen LogP contribution is -2.07. The summed E-state index contributed by atoms with van der Waals surface area (Å²) in [5.41, 5.74) is -0.559. The molecule has 0 atom stereocenters. The number of halogens is 4. The monoisotopic (exact) mass is 309 g/mol. The maximum Gasteiger partial charge on any atom is 0.417 e. The Bertz CT molecular complexity index is 582. The molecule has 19 heavy (non-hydrogen) atoms. The van der Waals surface area contributed by atoms with Gasteiger partial charge >= 0.3 is 6.18 Å². The van der Waals surface area contributed by atoms with Crippen LogP contribution < -0.4 is 0 Å². The van der Waals surface area contributed by atoms with Crippen molar-refractivity contribution in [1.82, 2.24) is 14.6 Å². The van der Waals surface area contributed by atoms with Crippen LogP contribution in [0.4, 0.5) is 13.2 Å². The predicted octanol–water partition coefficient (Wildman–Crippen LogP) is 4.29. The van der Waals surface area contributed by atoms with Crippen molar-refractivity contribution in [2.75, 3.05) is 5.75 Å². The zero-order chi connectivity index (χ0) is 14.0. The summed E-state index contributed by atoms with van der Waals surface area (Å²) in [6, 6.07) is 0.867. The second kappa shape index (κ2) is 5.58. The van der Waals surface area contributed by atoms with Crippen molar-refractivity contribution < 1.29 is 13.2 Å². The van der Waals surface area contributed by atoms with Crippen LogP contribution in [-0.4, -0.2) is 20.4 Å². The molecule has 3 nitrogen and oxygen atoms in total. The number of unbranched alkanes of at least 4 members (excludes halogenated alkanes) is 1. The number of hydrogen-bond donors (Lipinski definition) is 0. The van der Waals surface area contributed by atoms with E-state index in [-0.39, 0.29) is 10.7 Å². The Morgan fingerprint density at radius 2 is 2.11 bits per heavy atom. The van der Waals surface area contributed by atoms with Crippen molar-refractivity contribution in [2.45, 2.75) is 31.1 Å². The Hall–Kier alpha value is -0.950. The lowest BCUT2D eigenvalue weighted by Gasteiger charge is -2.08. The van der Waals surface area contributed by atoms with Crippen LogP contribution in [-0.2, 0) is 6.18 Å². The first-order valence-electron chi connectivity index (χ1n) is 5.67. The van der Waals surface area contributed by atoms with Crippen LogP contribution in [0.25, 0.3) is 5.65 Å². The lowest BCUT2D eigenvalue weighted by atomic mass is 10.3. The number of hydrogen-bond acceptors (Lipinski definition) is 3. The van der Waals surface area contributed by atoms with Crippen LogP contribution in [0.15, 0.2) is 17.4 Å². The molecule has 0 aliphatic rings. The maximum absolute atomic E-state index is 12.7. The van der Waals surface area contributed by atoms with Crippen molar-refractivity contribution in [3.8, 4) is 0 Å². The molecule has 0 fully saturated rings. The minimum Gasteiger partial charge on any atom is -0.276 e. The minimum absolute atomic E-state index is 0.0512. The quantitative estimate of drug-likeness (QED) is 0.623. The van der Waals surface area contributed by atoms with Crippen molar-refractivity contribution in [3.63, 3.8) is 0 Å². The van der Waals surface area contributed by atoms with E-state index in [2.05, 4.69) is 10.2 Å². The number of pyridine rings is 1. The third kappa shape index (κ3) is 3.14. The number of thioether (sulfide) groups is 1. The zero-order valence-corrected chi connectivity index (χ0v) is 11.6. The molecule has 0 N–H and O–H groups in total. The lowest BCUT2D eigenvalue weighted by molar-refractivity contribution is -0.137. The summed E-state index contributed by atoms with van der Waals surface area (Å²) in [5, 5.41) is 8.06. The van der Waals surface area contributed by atoms with E-state index in [9.17, 15) is 13.2 Å². The van der Waals surface area contributed by atoms with Gasteiger partial charge in [-0.3, -0.25) is 4.40 Å². The highest BCUT2D eigenvalue weighted by Gasteiger charge is 2.32. The summed E-state index contributed by atoms with van der Waals surface area (Å²) >= 11 is 7.18. The summed E-state index contributed by atoms with van der Waals surface area (Å²) in [5.74, 6) is 0.783. The van der Waals surface area contributed by atoms with Crippen LogP contribution in [0.2, 0.25) is 5.02 Å².